The Labute approximate surface area is 120 Å². The Kier molecular flexibility index (Phi) is 4.88. The minimum absolute atomic E-state index is 0.166. The van der Waals surface area contributed by atoms with Crippen molar-refractivity contribution in [3.63, 3.8) is 0 Å². The molecule has 20 heavy (non-hydrogen) atoms. The first-order valence-electron chi connectivity index (χ1n) is 7.29. The average molecular weight is 277 g/mol. The Bertz CT molecular complexity index is 473. The van der Waals surface area contributed by atoms with Crippen LogP contribution in [0.2, 0.25) is 0 Å². The fourth-order valence-corrected chi connectivity index (χ4v) is 2.87. The van der Waals surface area contributed by atoms with E-state index in [1.807, 2.05) is 0 Å². The molecule has 1 fully saturated rings. The predicted molar refractivity (Wildman–Crippen MR) is 78.9 cm³/mol. The van der Waals surface area contributed by atoms with Gasteiger partial charge in [-0.25, -0.2) is 4.79 Å². The maximum absolute atomic E-state index is 11.8. The van der Waals surface area contributed by atoms with Crippen LogP contribution in [0.15, 0.2) is 18.2 Å². The Hall–Kier alpha value is -1.71. The van der Waals surface area contributed by atoms with Crippen molar-refractivity contribution in [2.24, 2.45) is 5.92 Å². The van der Waals surface area contributed by atoms with Crippen molar-refractivity contribution >= 4 is 11.7 Å². The molecule has 2 unspecified atom stereocenters. The zero-order valence-electron chi connectivity index (χ0n) is 12.2. The van der Waals surface area contributed by atoms with Gasteiger partial charge in [0.25, 0.3) is 0 Å². The largest absolute Gasteiger partial charge is 0.489 e. The lowest BCUT2D eigenvalue weighted by molar-refractivity contribution is 0.0589. The number of ether oxygens (including phenoxy) is 2. The Balaban J connectivity index is 2.16. The van der Waals surface area contributed by atoms with Gasteiger partial charge in [0.2, 0.25) is 0 Å². The number of carbonyl (C=O) groups is 1. The average Bonchev–Trinajstić information content (AvgIpc) is 2.47. The van der Waals surface area contributed by atoms with E-state index in [1.165, 1.54) is 26.4 Å². The molecule has 0 spiro atoms. The van der Waals surface area contributed by atoms with Gasteiger partial charge in [-0.3, -0.25) is 0 Å². The van der Waals surface area contributed by atoms with Crippen molar-refractivity contribution in [1.29, 1.82) is 0 Å². The van der Waals surface area contributed by atoms with Gasteiger partial charge in [0.05, 0.1) is 13.2 Å². The molecule has 1 aromatic carbocycles. The van der Waals surface area contributed by atoms with E-state index < -0.39 is 5.97 Å². The normalized spacial score (nSPS) is 22.3. The quantitative estimate of drug-likeness (QED) is 0.676. The molecule has 1 aliphatic rings. The van der Waals surface area contributed by atoms with Gasteiger partial charge in [-0.1, -0.05) is 25.8 Å². The molecule has 1 aliphatic carbocycles. The van der Waals surface area contributed by atoms with Crippen LogP contribution in [0.3, 0.4) is 0 Å². The third-order valence-electron chi connectivity index (χ3n) is 4.05. The highest BCUT2D eigenvalue weighted by Crippen LogP contribution is 2.32. The van der Waals surface area contributed by atoms with Crippen LogP contribution < -0.4 is 10.5 Å². The number of hydrogen-bond donors (Lipinski definition) is 1. The van der Waals surface area contributed by atoms with Gasteiger partial charge in [0.1, 0.15) is 11.3 Å². The van der Waals surface area contributed by atoms with Gasteiger partial charge in [0.15, 0.2) is 0 Å². The third kappa shape index (κ3) is 3.24. The van der Waals surface area contributed by atoms with Crippen LogP contribution in [0, 0.1) is 5.92 Å². The molecule has 0 aromatic heterocycles. The van der Waals surface area contributed by atoms with Crippen LogP contribution in [0.1, 0.15) is 49.4 Å². The summed E-state index contributed by atoms with van der Waals surface area (Å²) in [6.45, 7) is 2.22. The van der Waals surface area contributed by atoms with Gasteiger partial charge in [-0.15, -0.1) is 0 Å². The first-order chi connectivity index (χ1) is 9.65. The molecule has 2 atom stereocenters. The molecule has 2 rings (SSSR count). The second-order valence-electron chi connectivity index (χ2n) is 5.39. The van der Waals surface area contributed by atoms with Crippen molar-refractivity contribution in [2.45, 2.75) is 45.1 Å². The van der Waals surface area contributed by atoms with E-state index in [0.29, 0.717) is 17.0 Å². The van der Waals surface area contributed by atoms with Crippen molar-refractivity contribution in [1.82, 2.24) is 0 Å². The molecule has 0 saturated heterocycles. The Morgan fingerprint density at radius 3 is 2.90 bits per heavy atom. The summed E-state index contributed by atoms with van der Waals surface area (Å²) in [5, 5.41) is 0. The number of carbonyl (C=O) groups excluding carboxylic acids is 1. The number of nitrogens with two attached hydrogens (primary N) is 1. The second-order valence-corrected chi connectivity index (χ2v) is 5.39. The van der Waals surface area contributed by atoms with E-state index in [2.05, 4.69) is 6.92 Å². The minimum atomic E-state index is -0.444. The summed E-state index contributed by atoms with van der Waals surface area (Å²) in [7, 11) is 1.35. The summed E-state index contributed by atoms with van der Waals surface area (Å²) in [6, 6.07) is 5.28. The van der Waals surface area contributed by atoms with Crippen molar-refractivity contribution in [2.75, 3.05) is 12.8 Å². The molecule has 0 aliphatic heterocycles. The van der Waals surface area contributed by atoms with E-state index in [-0.39, 0.29) is 6.10 Å². The van der Waals surface area contributed by atoms with Crippen LogP contribution in [-0.2, 0) is 4.74 Å². The summed E-state index contributed by atoms with van der Waals surface area (Å²) in [5.41, 5.74) is 6.62. The lowest BCUT2D eigenvalue weighted by Crippen LogP contribution is -2.26. The lowest BCUT2D eigenvalue weighted by atomic mass is 9.85. The summed E-state index contributed by atoms with van der Waals surface area (Å²) in [5.74, 6) is 0.816. The molecule has 0 bridgehead atoms. The first-order valence-corrected chi connectivity index (χ1v) is 7.29. The Morgan fingerprint density at radius 2 is 2.20 bits per heavy atom. The summed E-state index contributed by atoms with van der Waals surface area (Å²) >= 11 is 0. The number of esters is 1. The number of benzene rings is 1. The highest BCUT2D eigenvalue weighted by atomic mass is 16.5. The van der Waals surface area contributed by atoms with Crippen LogP contribution >= 0.6 is 0 Å². The molecular formula is C16H23NO3. The van der Waals surface area contributed by atoms with E-state index in [9.17, 15) is 4.79 Å². The second kappa shape index (κ2) is 6.64. The van der Waals surface area contributed by atoms with Gasteiger partial charge in [-0.2, -0.15) is 0 Å². The maximum Gasteiger partial charge on any atom is 0.343 e. The van der Waals surface area contributed by atoms with Crippen molar-refractivity contribution in [3.05, 3.63) is 23.8 Å². The number of nitrogen functional groups attached to an aromatic ring is 1. The number of anilines is 1. The SMILES string of the molecule is CCC1CCCC(Oc2cccc(N)c2C(=O)OC)C1. The molecule has 110 valence electrons. The standard InChI is InChI=1S/C16H23NO3/c1-3-11-6-4-7-12(10-11)20-14-9-5-8-13(17)15(14)16(18)19-2/h5,8-9,11-12H,3-4,6-7,10,17H2,1-2H3. The van der Waals surface area contributed by atoms with E-state index in [0.717, 1.165) is 18.8 Å². The number of hydrogen-bond acceptors (Lipinski definition) is 4. The van der Waals surface area contributed by atoms with Crippen LogP contribution in [0.25, 0.3) is 0 Å². The van der Waals surface area contributed by atoms with Crippen LogP contribution in [0.5, 0.6) is 5.75 Å². The highest BCUT2D eigenvalue weighted by molar-refractivity contribution is 5.98. The third-order valence-corrected chi connectivity index (χ3v) is 4.05. The lowest BCUT2D eigenvalue weighted by Gasteiger charge is -2.29. The van der Waals surface area contributed by atoms with Crippen molar-refractivity contribution in [3.8, 4) is 5.75 Å². The molecule has 4 nitrogen and oxygen atoms in total. The molecule has 0 heterocycles. The monoisotopic (exact) mass is 277 g/mol. The van der Waals surface area contributed by atoms with Gasteiger partial charge >= 0.3 is 5.97 Å². The highest BCUT2D eigenvalue weighted by Gasteiger charge is 2.24. The summed E-state index contributed by atoms with van der Waals surface area (Å²) in [6.07, 6.45) is 5.88. The maximum atomic E-state index is 11.8. The van der Waals surface area contributed by atoms with Crippen LogP contribution in [-0.4, -0.2) is 19.2 Å². The zero-order valence-corrected chi connectivity index (χ0v) is 12.2. The van der Waals surface area contributed by atoms with Gasteiger partial charge in [0, 0.05) is 5.69 Å². The summed E-state index contributed by atoms with van der Waals surface area (Å²) < 4.78 is 10.8. The molecule has 0 radical (unpaired) electrons. The molecular weight excluding hydrogens is 254 g/mol. The molecule has 1 saturated carbocycles. The van der Waals surface area contributed by atoms with E-state index >= 15 is 0 Å². The van der Waals surface area contributed by atoms with Crippen LogP contribution in [0.4, 0.5) is 5.69 Å². The smallest absolute Gasteiger partial charge is 0.343 e. The van der Waals surface area contributed by atoms with Crippen molar-refractivity contribution < 1.29 is 14.3 Å². The van der Waals surface area contributed by atoms with E-state index in [4.69, 9.17) is 15.2 Å². The fraction of sp³-hybridized carbons (Fsp3) is 0.562. The van der Waals surface area contributed by atoms with Gasteiger partial charge in [-0.05, 0) is 37.3 Å². The number of rotatable bonds is 4. The molecule has 4 heteroatoms. The topological polar surface area (TPSA) is 61.5 Å². The van der Waals surface area contributed by atoms with Gasteiger partial charge < -0.3 is 15.2 Å². The minimum Gasteiger partial charge on any atom is -0.489 e. The first kappa shape index (κ1) is 14.7. The molecule has 2 N–H and O–H groups in total. The zero-order chi connectivity index (χ0) is 14.5. The fourth-order valence-electron chi connectivity index (χ4n) is 2.87. The molecule has 1 aromatic rings. The number of methoxy groups -OCH3 is 1. The molecule has 0 amide bonds. The van der Waals surface area contributed by atoms with E-state index in [1.54, 1.807) is 18.2 Å². The Morgan fingerprint density at radius 1 is 1.40 bits per heavy atom. The predicted octanol–water partition coefficient (Wildman–Crippen LogP) is 3.40. The summed E-state index contributed by atoms with van der Waals surface area (Å²) in [4.78, 5) is 11.8.